The molecule has 0 radical (unpaired) electrons. The molecule has 0 saturated heterocycles. The number of rotatable bonds is 5. The summed E-state index contributed by atoms with van der Waals surface area (Å²) in [5.74, 6) is 1.38. The Morgan fingerprint density at radius 2 is 2.33 bits per heavy atom. The van der Waals surface area contributed by atoms with Gasteiger partial charge in [0.15, 0.2) is 0 Å². The maximum atomic E-state index is 5.84. The van der Waals surface area contributed by atoms with Crippen LogP contribution in [0.1, 0.15) is 32.6 Å². The van der Waals surface area contributed by atoms with E-state index in [0.717, 1.165) is 31.5 Å². The molecule has 4 heteroatoms. The third kappa shape index (κ3) is 3.39. The summed E-state index contributed by atoms with van der Waals surface area (Å²) in [5, 5.41) is 3.43. The molecule has 0 saturated carbocycles. The number of aromatic nitrogens is 1. The van der Waals surface area contributed by atoms with Crippen molar-refractivity contribution in [3.05, 3.63) is 24.3 Å². The van der Waals surface area contributed by atoms with E-state index in [1.807, 2.05) is 12.1 Å². The Labute approximate surface area is 108 Å². The third-order valence-electron chi connectivity index (χ3n) is 2.95. The van der Waals surface area contributed by atoms with Gasteiger partial charge in [0.1, 0.15) is 5.82 Å². The largest absolute Gasteiger partial charge is 0.476 e. The van der Waals surface area contributed by atoms with Crippen LogP contribution in [0.3, 0.4) is 0 Å². The van der Waals surface area contributed by atoms with Crippen molar-refractivity contribution in [3.8, 4) is 5.88 Å². The second kappa shape index (κ2) is 6.28. The quantitative estimate of drug-likeness (QED) is 0.785. The van der Waals surface area contributed by atoms with E-state index < -0.39 is 0 Å². The molecule has 0 aromatic carbocycles. The van der Waals surface area contributed by atoms with Crippen molar-refractivity contribution in [1.82, 2.24) is 4.98 Å². The van der Waals surface area contributed by atoms with Gasteiger partial charge in [-0.25, -0.2) is 0 Å². The van der Waals surface area contributed by atoms with Crippen LogP contribution in [0, 0.1) is 0 Å². The van der Waals surface area contributed by atoms with Gasteiger partial charge in [0.2, 0.25) is 5.88 Å². The van der Waals surface area contributed by atoms with Crippen LogP contribution in [0.2, 0.25) is 0 Å². The second-order valence-electron chi connectivity index (χ2n) is 4.57. The van der Waals surface area contributed by atoms with Gasteiger partial charge in [-0.15, -0.1) is 0 Å². The fourth-order valence-electron chi connectivity index (χ4n) is 1.98. The standard InChI is InChI=1S/C14H21N3O/c1-2-10-18-14-12(15)8-9-13(17-14)16-11-6-4-3-5-7-11/h3-4,8-9,11H,2,5-7,10,15H2,1H3,(H,16,17). The molecular weight excluding hydrogens is 226 g/mol. The Morgan fingerprint density at radius 3 is 3.06 bits per heavy atom. The Bertz CT molecular complexity index is 418. The average molecular weight is 247 g/mol. The summed E-state index contributed by atoms with van der Waals surface area (Å²) in [6, 6.07) is 4.22. The number of hydrogen-bond acceptors (Lipinski definition) is 4. The van der Waals surface area contributed by atoms with E-state index in [1.165, 1.54) is 0 Å². The van der Waals surface area contributed by atoms with Gasteiger partial charge in [0.25, 0.3) is 0 Å². The summed E-state index contributed by atoms with van der Waals surface area (Å²) in [6.07, 6.45) is 8.72. The van der Waals surface area contributed by atoms with Crippen molar-refractivity contribution in [2.45, 2.75) is 38.6 Å². The summed E-state index contributed by atoms with van der Waals surface area (Å²) in [7, 11) is 0. The molecule has 1 unspecified atom stereocenters. The first-order valence-corrected chi connectivity index (χ1v) is 6.60. The molecular formula is C14H21N3O. The minimum Gasteiger partial charge on any atom is -0.476 e. The normalized spacial score (nSPS) is 18.6. The van der Waals surface area contributed by atoms with Crippen molar-refractivity contribution in [2.24, 2.45) is 0 Å². The highest BCUT2D eigenvalue weighted by Crippen LogP contribution is 2.23. The van der Waals surface area contributed by atoms with E-state index >= 15 is 0 Å². The SMILES string of the molecule is CCCOc1nc(NC2CC=CCC2)ccc1N. The van der Waals surface area contributed by atoms with Crippen LogP contribution in [-0.4, -0.2) is 17.6 Å². The van der Waals surface area contributed by atoms with E-state index in [1.54, 1.807) is 0 Å². The predicted molar refractivity (Wildman–Crippen MR) is 74.8 cm³/mol. The fourth-order valence-corrected chi connectivity index (χ4v) is 1.98. The first kappa shape index (κ1) is 12.7. The average Bonchev–Trinajstić information content (AvgIpc) is 2.40. The van der Waals surface area contributed by atoms with Crippen molar-refractivity contribution < 1.29 is 4.74 Å². The minimum absolute atomic E-state index is 0.463. The summed E-state index contributed by atoms with van der Waals surface area (Å²) >= 11 is 0. The molecule has 1 aliphatic rings. The van der Waals surface area contributed by atoms with Crippen LogP contribution in [0.15, 0.2) is 24.3 Å². The lowest BCUT2D eigenvalue weighted by Crippen LogP contribution is -2.21. The Balaban J connectivity index is 2.01. The summed E-state index contributed by atoms with van der Waals surface area (Å²) in [4.78, 5) is 4.42. The lowest BCUT2D eigenvalue weighted by molar-refractivity contribution is 0.307. The molecule has 18 heavy (non-hydrogen) atoms. The van der Waals surface area contributed by atoms with Crippen LogP contribution in [0.25, 0.3) is 0 Å². The summed E-state index contributed by atoms with van der Waals surface area (Å²) in [5.41, 5.74) is 6.43. The maximum Gasteiger partial charge on any atom is 0.239 e. The molecule has 1 atom stereocenters. The Kier molecular flexibility index (Phi) is 4.45. The Hall–Kier alpha value is -1.71. The summed E-state index contributed by atoms with van der Waals surface area (Å²) in [6.45, 7) is 2.71. The van der Waals surface area contributed by atoms with Gasteiger partial charge < -0.3 is 15.8 Å². The molecule has 1 aromatic heterocycles. The van der Waals surface area contributed by atoms with Gasteiger partial charge in [0.05, 0.1) is 12.3 Å². The molecule has 0 fully saturated rings. The second-order valence-corrected chi connectivity index (χ2v) is 4.57. The number of allylic oxidation sites excluding steroid dienone is 1. The van der Waals surface area contributed by atoms with Gasteiger partial charge in [-0.3, -0.25) is 0 Å². The molecule has 98 valence electrons. The molecule has 1 aromatic rings. The smallest absolute Gasteiger partial charge is 0.239 e. The molecule has 3 N–H and O–H groups in total. The molecule has 0 amide bonds. The maximum absolute atomic E-state index is 5.84. The molecule has 0 aliphatic heterocycles. The van der Waals surface area contributed by atoms with E-state index in [-0.39, 0.29) is 0 Å². The third-order valence-corrected chi connectivity index (χ3v) is 2.95. The highest BCUT2D eigenvalue weighted by atomic mass is 16.5. The zero-order valence-electron chi connectivity index (χ0n) is 10.9. The lowest BCUT2D eigenvalue weighted by atomic mass is 10.0. The van der Waals surface area contributed by atoms with Crippen LogP contribution < -0.4 is 15.8 Å². The molecule has 1 aliphatic carbocycles. The van der Waals surface area contributed by atoms with E-state index in [0.29, 0.717) is 24.2 Å². The van der Waals surface area contributed by atoms with Gasteiger partial charge >= 0.3 is 0 Å². The number of nitrogen functional groups attached to an aromatic ring is 1. The number of nitrogens with zero attached hydrogens (tertiary/aromatic N) is 1. The molecule has 0 bridgehead atoms. The first-order chi connectivity index (χ1) is 8.79. The van der Waals surface area contributed by atoms with Crippen molar-refractivity contribution in [1.29, 1.82) is 0 Å². The zero-order valence-corrected chi connectivity index (χ0v) is 10.9. The van der Waals surface area contributed by atoms with Gasteiger partial charge in [-0.05, 0) is 37.8 Å². The van der Waals surface area contributed by atoms with Crippen molar-refractivity contribution >= 4 is 11.5 Å². The van der Waals surface area contributed by atoms with E-state index in [2.05, 4.69) is 29.4 Å². The number of ether oxygens (including phenoxy) is 1. The summed E-state index contributed by atoms with van der Waals surface area (Å²) < 4.78 is 5.53. The number of nitrogens with one attached hydrogen (secondary N) is 1. The van der Waals surface area contributed by atoms with Gasteiger partial charge in [-0.1, -0.05) is 19.1 Å². The van der Waals surface area contributed by atoms with E-state index in [4.69, 9.17) is 10.5 Å². The number of anilines is 2. The highest BCUT2D eigenvalue weighted by molar-refractivity contribution is 5.53. The fraction of sp³-hybridized carbons (Fsp3) is 0.500. The number of nitrogens with two attached hydrogens (primary N) is 1. The zero-order chi connectivity index (χ0) is 12.8. The van der Waals surface area contributed by atoms with Crippen LogP contribution >= 0.6 is 0 Å². The lowest BCUT2D eigenvalue weighted by Gasteiger charge is -2.20. The van der Waals surface area contributed by atoms with Crippen molar-refractivity contribution in [3.63, 3.8) is 0 Å². The van der Waals surface area contributed by atoms with Crippen LogP contribution in [-0.2, 0) is 0 Å². The first-order valence-electron chi connectivity index (χ1n) is 6.60. The Morgan fingerprint density at radius 1 is 1.44 bits per heavy atom. The van der Waals surface area contributed by atoms with Crippen LogP contribution in [0.5, 0.6) is 5.88 Å². The van der Waals surface area contributed by atoms with Crippen molar-refractivity contribution in [2.75, 3.05) is 17.7 Å². The molecule has 1 heterocycles. The van der Waals surface area contributed by atoms with E-state index in [9.17, 15) is 0 Å². The topological polar surface area (TPSA) is 60.2 Å². The van der Waals surface area contributed by atoms with Gasteiger partial charge in [-0.2, -0.15) is 4.98 Å². The molecule has 4 nitrogen and oxygen atoms in total. The number of hydrogen-bond donors (Lipinski definition) is 2. The number of pyridine rings is 1. The highest BCUT2D eigenvalue weighted by Gasteiger charge is 2.11. The molecule has 2 rings (SSSR count). The van der Waals surface area contributed by atoms with Gasteiger partial charge in [0, 0.05) is 6.04 Å². The molecule has 0 spiro atoms. The minimum atomic E-state index is 0.463. The predicted octanol–water partition coefficient (Wildman–Crippen LogP) is 2.97. The monoisotopic (exact) mass is 247 g/mol. The van der Waals surface area contributed by atoms with Crippen LogP contribution in [0.4, 0.5) is 11.5 Å².